The summed E-state index contributed by atoms with van der Waals surface area (Å²) in [5.41, 5.74) is 4.95. The fraction of sp³-hybridized carbons (Fsp3) is 0.381. The van der Waals surface area contributed by atoms with Crippen molar-refractivity contribution in [3.63, 3.8) is 0 Å². The normalized spacial score (nSPS) is 14.0. The van der Waals surface area contributed by atoms with Crippen molar-refractivity contribution >= 4 is 11.6 Å². The van der Waals surface area contributed by atoms with E-state index in [1.807, 2.05) is 6.07 Å². The van der Waals surface area contributed by atoms with E-state index in [1.54, 1.807) is 0 Å². The first-order valence-corrected chi connectivity index (χ1v) is 8.87. The molecule has 24 heavy (non-hydrogen) atoms. The standard InChI is InChI=1S/C21H26N2O/c1-17-7-6-8-18(15-17)11-12-21(24)22-16-19-9-2-3-10-20(19)23-13-4-5-14-23/h2-3,6-10,15H,4-5,11-14,16H2,1H3,(H,22,24). The van der Waals surface area contributed by atoms with Crippen molar-refractivity contribution in [1.82, 2.24) is 5.32 Å². The maximum atomic E-state index is 12.2. The molecule has 3 rings (SSSR count). The number of benzene rings is 2. The highest BCUT2D eigenvalue weighted by molar-refractivity contribution is 5.76. The van der Waals surface area contributed by atoms with Crippen LogP contribution in [0.4, 0.5) is 5.69 Å². The molecule has 1 saturated heterocycles. The molecule has 2 aromatic rings. The number of hydrogen-bond acceptors (Lipinski definition) is 2. The van der Waals surface area contributed by atoms with Crippen molar-refractivity contribution in [1.29, 1.82) is 0 Å². The van der Waals surface area contributed by atoms with Crippen LogP contribution in [0.25, 0.3) is 0 Å². The topological polar surface area (TPSA) is 32.3 Å². The molecule has 1 aliphatic heterocycles. The van der Waals surface area contributed by atoms with Gasteiger partial charge >= 0.3 is 0 Å². The van der Waals surface area contributed by atoms with E-state index in [2.05, 4.69) is 59.6 Å². The zero-order chi connectivity index (χ0) is 16.8. The fourth-order valence-corrected chi connectivity index (χ4v) is 3.33. The van der Waals surface area contributed by atoms with Crippen molar-refractivity contribution in [3.05, 3.63) is 65.2 Å². The number of aryl methyl sites for hydroxylation is 2. The molecule has 1 amide bonds. The lowest BCUT2D eigenvalue weighted by Crippen LogP contribution is -2.25. The number of carbonyl (C=O) groups is 1. The van der Waals surface area contributed by atoms with Gasteiger partial charge in [0.25, 0.3) is 0 Å². The van der Waals surface area contributed by atoms with Crippen LogP contribution >= 0.6 is 0 Å². The Kier molecular flexibility index (Phi) is 5.52. The van der Waals surface area contributed by atoms with Gasteiger partial charge in [-0.1, -0.05) is 48.0 Å². The van der Waals surface area contributed by atoms with Crippen LogP contribution in [0, 0.1) is 6.92 Å². The van der Waals surface area contributed by atoms with Crippen LogP contribution in [0.1, 0.15) is 36.0 Å². The Bertz CT molecular complexity index is 690. The van der Waals surface area contributed by atoms with Crippen LogP contribution in [0.3, 0.4) is 0 Å². The molecule has 3 heteroatoms. The van der Waals surface area contributed by atoms with E-state index in [-0.39, 0.29) is 5.91 Å². The number of amides is 1. The summed E-state index contributed by atoms with van der Waals surface area (Å²) in [5, 5.41) is 3.08. The summed E-state index contributed by atoms with van der Waals surface area (Å²) in [6.07, 6.45) is 3.85. The minimum Gasteiger partial charge on any atom is -0.371 e. The third kappa shape index (κ3) is 4.38. The number of para-hydroxylation sites is 1. The van der Waals surface area contributed by atoms with Gasteiger partial charge in [0.2, 0.25) is 5.91 Å². The number of anilines is 1. The number of hydrogen-bond donors (Lipinski definition) is 1. The lowest BCUT2D eigenvalue weighted by molar-refractivity contribution is -0.121. The van der Waals surface area contributed by atoms with Crippen LogP contribution in [-0.4, -0.2) is 19.0 Å². The lowest BCUT2D eigenvalue weighted by atomic mass is 10.1. The average molecular weight is 322 g/mol. The lowest BCUT2D eigenvalue weighted by Gasteiger charge is -2.21. The number of carbonyl (C=O) groups excluding carboxylic acids is 1. The Morgan fingerprint density at radius 3 is 2.67 bits per heavy atom. The predicted molar refractivity (Wildman–Crippen MR) is 99.2 cm³/mol. The summed E-state index contributed by atoms with van der Waals surface area (Å²) in [7, 11) is 0. The van der Waals surface area contributed by atoms with E-state index in [1.165, 1.54) is 35.2 Å². The van der Waals surface area contributed by atoms with Gasteiger partial charge in [0.1, 0.15) is 0 Å². The molecule has 0 spiro atoms. The summed E-state index contributed by atoms with van der Waals surface area (Å²) in [4.78, 5) is 14.6. The Morgan fingerprint density at radius 2 is 1.88 bits per heavy atom. The number of nitrogens with one attached hydrogen (secondary N) is 1. The Morgan fingerprint density at radius 1 is 1.08 bits per heavy atom. The maximum absolute atomic E-state index is 12.2. The van der Waals surface area contributed by atoms with E-state index >= 15 is 0 Å². The SMILES string of the molecule is Cc1cccc(CCC(=O)NCc2ccccc2N2CCCC2)c1. The minimum absolute atomic E-state index is 0.118. The second kappa shape index (κ2) is 8.00. The van der Waals surface area contributed by atoms with Gasteiger partial charge in [-0.05, 0) is 43.4 Å². The van der Waals surface area contributed by atoms with Gasteiger partial charge in [0.15, 0.2) is 0 Å². The summed E-state index contributed by atoms with van der Waals surface area (Å²) in [6.45, 7) is 4.94. The second-order valence-electron chi connectivity index (χ2n) is 6.59. The van der Waals surface area contributed by atoms with E-state index in [0.717, 1.165) is 19.5 Å². The molecule has 2 aromatic carbocycles. The van der Waals surface area contributed by atoms with Gasteiger partial charge in [-0.3, -0.25) is 4.79 Å². The maximum Gasteiger partial charge on any atom is 0.220 e. The molecule has 0 radical (unpaired) electrons. The smallest absolute Gasteiger partial charge is 0.220 e. The van der Waals surface area contributed by atoms with Gasteiger partial charge in [0, 0.05) is 31.7 Å². The molecule has 0 aliphatic carbocycles. The van der Waals surface area contributed by atoms with E-state index < -0.39 is 0 Å². The molecule has 1 aliphatic rings. The first-order chi connectivity index (χ1) is 11.7. The molecule has 3 nitrogen and oxygen atoms in total. The van der Waals surface area contributed by atoms with Crippen molar-refractivity contribution in [2.45, 2.75) is 39.2 Å². The molecule has 0 aromatic heterocycles. The van der Waals surface area contributed by atoms with Crippen LogP contribution < -0.4 is 10.2 Å². The monoisotopic (exact) mass is 322 g/mol. The van der Waals surface area contributed by atoms with Gasteiger partial charge < -0.3 is 10.2 Å². The zero-order valence-electron chi connectivity index (χ0n) is 14.4. The highest BCUT2D eigenvalue weighted by Crippen LogP contribution is 2.24. The van der Waals surface area contributed by atoms with Crippen LogP contribution in [0.15, 0.2) is 48.5 Å². The van der Waals surface area contributed by atoms with Crippen molar-refractivity contribution in [3.8, 4) is 0 Å². The minimum atomic E-state index is 0.118. The molecule has 1 heterocycles. The summed E-state index contributed by atoms with van der Waals surface area (Å²) in [5.74, 6) is 0.118. The first kappa shape index (κ1) is 16.6. The van der Waals surface area contributed by atoms with Gasteiger partial charge in [-0.25, -0.2) is 0 Å². The van der Waals surface area contributed by atoms with E-state index in [9.17, 15) is 4.79 Å². The molecular weight excluding hydrogens is 296 g/mol. The van der Waals surface area contributed by atoms with Gasteiger partial charge in [0.05, 0.1) is 0 Å². The van der Waals surface area contributed by atoms with Gasteiger partial charge in [-0.15, -0.1) is 0 Å². The zero-order valence-corrected chi connectivity index (χ0v) is 14.4. The van der Waals surface area contributed by atoms with Crippen LogP contribution in [0.5, 0.6) is 0 Å². The molecule has 126 valence electrons. The van der Waals surface area contributed by atoms with Crippen molar-refractivity contribution in [2.75, 3.05) is 18.0 Å². The molecule has 0 bridgehead atoms. The summed E-state index contributed by atoms with van der Waals surface area (Å²) in [6, 6.07) is 16.8. The molecule has 0 atom stereocenters. The Labute approximate surface area is 144 Å². The summed E-state index contributed by atoms with van der Waals surface area (Å²) < 4.78 is 0. The third-order valence-electron chi connectivity index (χ3n) is 4.64. The van der Waals surface area contributed by atoms with Crippen LogP contribution in [-0.2, 0) is 17.8 Å². The number of rotatable bonds is 6. The molecule has 0 unspecified atom stereocenters. The quantitative estimate of drug-likeness (QED) is 0.876. The Hall–Kier alpha value is -2.29. The van der Waals surface area contributed by atoms with E-state index in [4.69, 9.17) is 0 Å². The predicted octanol–water partition coefficient (Wildman–Crippen LogP) is 3.84. The molecule has 1 N–H and O–H groups in total. The van der Waals surface area contributed by atoms with Gasteiger partial charge in [-0.2, -0.15) is 0 Å². The van der Waals surface area contributed by atoms with Crippen molar-refractivity contribution < 1.29 is 4.79 Å². The highest BCUT2D eigenvalue weighted by Gasteiger charge is 2.15. The largest absolute Gasteiger partial charge is 0.371 e. The summed E-state index contributed by atoms with van der Waals surface area (Å²) >= 11 is 0. The van der Waals surface area contributed by atoms with Crippen LogP contribution in [0.2, 0.25) is 0 Å². The van der Waals surface area contributed by atoms with E-state index in [0.29, 0.717) is 13.0 Å². The fourth-order valence-electron chi connectivity index (χ4n) is 3.33. The Balaban J connectivity index is 1.53. The molecule has 0 saturated carbocycles. The molecular formula is C21H26N2O. The second-order valence-corrected chi connectivity index (χ2v) is 6.59. The molecule has 1 fully saturated rings. The van der Waals surface area contributed by atoms with Crippen molar-refractivity contribution in [2.24, 2.45) is 0 Å². The average Bonchev–Trinajstić information content (AvgIpc) is 3.13. The number of nitrogens with zero attached hydrogens (tertiary/aromatic N) is 1. The first-order valence-electron chi connectivity index (χ1n) is 8.87. The highest BCUT2D eigenvalue weighted by atomic mass is 16.1. The third-order valence-corrected chi connectivity index (χ3v) is 4.64.